The maximum Gasteiger partial charge on any atom is 0.269 e. The number of hydrogen-bond acceptors (Lipinski definition) is 3. The molecule has 4 nitrogen and oxygen atoms in total. The number of benzene rings is 1. The highest BCUT2D eigenvalue weighted by Gasteiger charge is 2.01. The Balaban J connectivity index is 2.22. The SMILES string of the molecule is COc1ccc(Cn2ncc(F)cc2=O)cc1. The third kappa shape index (κ3) is 2.69. The Hall–Kier alpha value is -2.17. The minimum atomic E-state index is -0.624. The molecule has 5 heteroatoms. The van der Waals surface area contributed by atoms with Gasteiger partial charge in [0.05, 0.1) is 19.9 Å². The van der Waals surface area contributed by atoms with Gasteiger partial charge in [-0.3, -0.25) is 4.79 Å². The predicted octanol–water partition coefficient (Wildman–Crippen LogP) is 1.44. The van der Waals surface area contributed by atoms with Crippen molar-refractivity contribution in [1.29, 1.82) is 0 Å². The first-order valence-corrected chi connectivity index (χ1v) is 5.04. The number of rotatable bonds is 3. The van der Waals surface area contributed by atoms with Crippen LogP contribution in [-0.2, 0) is 6.54 Å². The minimum absolute atomic E-state index is 0.309. The van der Waals surface area contributed by atoms with E-state index < -0.39 is 11.4 Å². The molecule has 1 aromatic heterocycles. The van der Waals surface area contributed by atoms with Gasteiger partial charge < -0.3 is 4.74 Å². The number of aromatic nitrogens is 2. The van der Waals surface area contributed by atoms with Gasteiger partial charge in [-0.25, -0.2) is 9.07 Å². The molecule has 0 unspecified atom stereocenters. The van der Waals surface area contributed by atoms with E-state index in [2.05, 4.69) is 5.10 Å². The lowest BCUT2D eigenvalue weighted by Gasteiger charge is -2.05. The van der Waals surface area contributed by atoms with Crippen LogP contribution in [0.25, 0.3) is 0 Å². The normalized spacial score (nSPS) is 10.2. The molecular weight excluding hydrogens is 223 g/mol. The minimum Gasteiger partial charge on any atom is -0.497 e. The molecule has 2 aromatic rings. The lowest BCUT2D eigenvalue weighted by Crippen LogP contribution is -2.22. The van der Waals surface area contributed by atoms with Gasteiger partial charge in [-0.15, -0.1) is 0 Å². The number of hydrogen-bond donors (Lipinski definition) is 0. The molecule has 0 aliphatic rings. The molecule has 1 heterocycles. The zero-order valence-corrected chi connectivity index (χ0v) is 9.26. The van der Waals surface area contributed by atoms with E-state index in [0.717, 1.165) is 23.6 Å². The Morgan fingerprint density at radius 1 is 1.35 bits per heavy atom. The van der Waals surface area contributed by atoms with Gasteiger partial charge >= 0.3 is 0 Å². The molecule has 0 N–H and O–H groups in total. The third-order valence-corrected chi connectivity index (χ3v) is 2.33. The van der Waals surface area contributed by atoms with Gasteiger partial charge in [-0.2, -0.15) is 5.10 Å². The number of nitrogens with zero attached hydrogens (tertiary/aromatic N) is 2. The summed E-state index contributed by atoms with van der Waals surface area (Å²) in [6.45, 7) is 0.309. The van der Waals surface area contributed by atoms with Crippen LogP contribution in [0, 0.1) is 5.82 Å². The highest BCUT2D eigenvalue weighted by atomic mass is 19.1. The highest BCUT2D eigenvalue weighted by molar-refractivity contribution is 5.27. The van der Waals surface area contributed by atoms with Crippen LogP contribution in [0.4, 0.5) is 4.39 Å². The van der Waals surface area contributed by atoms with Crippen LogP contribution in [0.2, 0.25) is 0 Å². The molecule has 0 spiro atoms. The summed E-state index contributed by atoms with van der Waals surface area (Å²) in [7, 11) is 1.58. The molecule has 0 atom stereocenters. The summed E-state index contributed by atoms with van der Waals surface area (Å²) < 4.78 is 18.9. The van der Waals surface area contributed by atoms with Crippen LogP contribution in [-0.4, -0.2) is 16.9 Å². The number of ether oxygens (including phenoxy) is 1. The van der Waals surface area contributed by atoms with Crippen LogP contribution < -0.4 is 10.3 Å². The van der Waals surface area contributed by atoms with Crippen molar-refractivity contribution in [2.45, 2.75) is 6.54 Å². The molecule has 0 amide bonds. The van der Waals surface area contributed by atoms with Crippen LogP contribution in [0.3, 0.4) is 0 Å². The molecule has 0 radical (unpaired) electrons. The Morgan fingerprint density at radius 3 is 2.65 bits per heavy atom. The summed E-state index contributed by atoms with van der Waals surface area (Å²) in [6.07, 6.45) is 1.02. The Labute approximate surface area is 97.3 Å². The summed E-state index contributed by atoms with van der Waals surface area (Å²) in [5.41, 5.74) is 0.438. The van der Waals surface area contributed by atoms with E-state index in [4.69, 9.17) is 4.74 Å². The quantitative estimate of drug-likeness (QED) is 0.807. The summed E-state index contributed by atoms with van der Waals surface area (Å²) in [5.74, 6) is 0.120. The molecule has 2 rings (SSSR count). The Morgan fingerprint density at radius 2 is 2.06 bits per heavy atom. The summed E-state index contributed by atoms with van der Waals surface area (Å²) in [6, 6.07) is 8.16. The summed E-state index contributed by atoms with van der Waals surface area (Å²) >= 11 is 0. The first-order valence-electron chi connectivity index (χ1n) is 5.04. The van der Waals surface area contributed by atoms with Gasteiger partial charge in [0.15, 0.2) is 0 Å². The highest BCUT2D eigenvalue weighted by Crippen LogP contribution is 2.11. The maximum atomic E-state index is 12.7. The van der Waals surface area contributed by atoms with Crippen molar-refractivity contribution in [2.75, 3.05) is 7.11 Å². The molecule has 88 valence electrons. The zero-order chi connectivity index (χ0) is 12.3. The van der Waals surface area contributed by atoms with E-state index >= 15 is 0 Å². The topological polar surface area (TPSA) is 44.1 Å². The van der Waals surface area contributed by atoms with E-state index in [9.17, 15) is 9.18 Å². The van der Waals surface area contributed by atoms with Gasteiger partial charge in [-0.1, -0.05) is 12.1 Å². The van der Waals surface area contributed by atoms with Crippen LogP contribution >= 0.6 is 0 Å². The molecule has 0 saturated heterocycles. The molecule has 0 bridgehead atoms. The monoisotopic (exact) mass is 234 g/mol. The fourth-order valence-corrected chi connectivity index (χ4v) is 1.43. The van der Waals surface area contributed by atoms with Crippen LogP contribution in [0.5, 0.6) is 5.75 Å². The van der Waals surface area contributed by atoms with Gasteiger partial charge in [0.25, 0.3) is 5.56 Å². The third-order valence-electron chi connectivity index (χ3n) is 2.33. The largest absolute Gasteiger partial charge is 0.497 e. The second-order valence-corrected chi connectivity index (χ2v) is 3.52. The van der Waals surface area contributed by atoms with Crippen molar-refractivity contribution < 1.29 is 9.13 Å². The maximum absolute atomic E-state index is 12.7. The average molecular weight is 234 g/mol. The van der Waals surface area contributed by atoms with E-state index in [1.807, 2.05) is 12.1 Å². The standard InChI is InChI=1S/C12H11FN2O2/c1-17-11-4-2-9(3-5-11)8-15-12(16)6-10(13)7-14-15/h2-7H,8H2,1H3. The number of halogens is 1. The molecule has 17 heavy (non-hydrogen) atoms. The van der Waals surface area contributed by atoms with Crippen molar-refractivity contribution in [2.24, 2.45) is 0 Å². The molecule has 0 saturated carbocycles. The van der Waals surface area contributed by atoms with Gasteiger partial charge in [0.2, 0.25) is 0 Å². The zero-order valence-electron chi connectivity index (χ0n) is 9.26. The van der Waals surface area contributed by atoms with Gasteiger partial charge in [0.1, 0.15) is 11.6 Å². The van der Waals surface area contributed by atoms with E-state index in [1.54, 1.807) is 19.2 Å². The smallest absolute Gasteiger partial charge is 0.269 e. The predicted molar refractivity (Wildman–Crippen MR) is 60.6 cm³/mol. The Bertz CT molecular complexity index is 563. The first kappa shape index (κ1) is 11.3. The van der Waals surface area contributed by atoms with Crippen molar-refractivity contribution in [3.05, 3.63) is 58.3 Å². The van der Waals surface area contributed by atoms with Crippen molar-refractivity contribution in [3.63, 3.8) is 0 Å². The fraction of sp³-hybridized carbons (Fsp3) is 0.167. The summed E-state index contributed by atoms with van der Waals surface area (Å²) in [5, 5.41) is 3.71. The lowest BCUT2D eigenvalue weighted by molar-refractivity contribution is 0.414. The van der Waals surface area contributed by atoms with Crippen molar-refractivity contribution in [1.82, 2.24) is 9.78 Å². The number of methoxy groups -OCH3 is 1. The second kappa shape index (κ2) is 4.78. The van der Waals surface area contributed by atoms with Crippen molar-refractivity contribution in [3.8, 4) is 5.75 Å². The van der Waals surface area contributed by atoms with Crippen molar-refractivity contribution >= 4 is 0 Å². The van der Waals surface area contributed by atoms with Gasteiger partial charge in [-0.05, 0) is 17.7 Å². The fourth-order valence-electron chi connectivity index (χ4n) is 1.43. The first-order chi connectivity index (χ1) is 8.19. The van der Waals surface area contributed by atoms with E-state index in [1.165, 1.54) is 4.68 Å². The lowest BCUT2D eigenvalue weighted by atomic mass is 10.2. The van der Waals surface area contributed by atoms with Crippen LogP contribution in [0.1, 0.15) is 5.56 Å². The van der Waals surface area contributed by atoms with Crippen LogP contribution in [0.15, 0.2) is 41.3 Å². The Kier molecular flexibility index (Phi) is 3.18. The molecule has 0 fully saturated rings. The summed E-state index contributed by atoms with van der Waals surface area (Å²) in [4.78, 5) is 11.4. The van der Waals surface area contributed by atoms with E-state index in [-0.39, 0.29) is 0 Å². The molecule has 1 aromatic carbocycles. The van der Waals surface area contributed by atoms with Gasteiger partial charge in [0, 0.05) is 6.07 Å². The average Bonchev–Trinajstić information content (AvgIpc) is 2.34. The van der Waals surface area contributed by atoms with E-state index in [0.29, 0.717) is 6.54 Å². The molecule has 0 aliphatic heterocycles. The molecular formula is C12H11FN2O2. The second-order valence-electron chi connectivity index (χ2n) is 3.52. The molecule has 0 aliphatic carbocycles.